The van der Waals surface area contributed by atoms with Crippen molar-refractivity contribution in [1.82, 2.24) is 4.90 Å². The lowest BCUT2D eigenvalue weighted by molar-refractivity contribution is -0.169. The molecule has 0 aromatic heterocycles. The van der Waals surface area contributed by atoms with Crippen molar-refractivity contribution in [1.29, 1.82) is 0 Å². The fourth-order valence-electron chi connectivity index (χ4n) is 6.48. The van der Waals surface area contributed by atoms with Gasteiger partial charge in [0.25, 0.3) is 5.91 Å². The van der Waals surface area contributed by atoms with E-state index in [1.807, 2.05) is 0 Å². The average Bonchev–Trinajstić information content (AvgIpc) is 2.90. The zero-order valence-electron chi connectivity index (χ0n) is 22.4. The number of ketones is 2. The van der Waals surface area contributed by atoms with Crippen LogP contribution in [0.15, 0.2) is 65.4 Å². The number of phenols is 1. The van der Waals surface area contributed by atoms with Crippen LogP contribution in [0.25, 0.3) is 5.76 Å². The average molecular weight is 564 g/mol. The molecule has 3 aliphatic carbocycles. The maximum atomic E-state index is 14.2. The number of rotatable bonds is 4. The smallest absolute Gasteiger partial charge is 0.411 e. The summed E-state index contributed by atoms with van der Waals surface area (Å²) in [5.41, 5.74) is 1.69. The number of likely N-dealkylation sites (N-methyl/N-ethyl adjacent to an activating group) is 1. The fourth-order valence-corrected chi connectivity index (χ4v) is 6.48. The van der Waals surface area contributed by atoms with Crippen LogP contribution in [0.1, 0.15) is 24.0 Å². The maximum absolute atomic E-state index is 14.2. The highest BCUT2D eigenvalue weighted by molar-refractivity contribution is 6.24. The Balaban J connectivity index is 1.78. The third kappa shape index (κ3) is 3.98. The lowest BCUT2D eigenvalue weighted by atomic mass is 9.54. The van der Waals surface area contributed by atoms with Crippen molar-refractivity contribution >= 4 is 35.0 Å². The van der Waals surface area contributed by atoms with Gasteiger partial charge in [0.05, 0.1) is 17.5 Å². The van der Waals surface area contributed by atoms with Gasteiger partial charge in [-0.1, -0.05) is 37.3 Å². The Kier molecular flexibility index (Phi) is 6.63. The minimum absolute atomic E-state index is 0.0659. The number of ether oxygens (including phenoxy) is 1. The SMILES string of the molecule is C[C@@H]1c2cccc(O)c2C(O)=C2C(=O)[C@@]3(O)C(O)=C(C(N)=O)C(=O)[C@H](N(C)C)[C@H]3[C@H](OC(=O)Nc3ccccc3)[C@H]21. The number of nitrogens with two attached hydrogens (primary N) is 1. The summed E-state index contributed by atoms with van der Waals surface area (Å²) in [6, 6.07) is 11.3. The van der Waals surface area contributed by atoms with Gasteiger partial charge >= 0.3 is 6.09 Å². The quantitative estimate of drug-likeness (QED) is 0.298. The van der Waals surface area contributed by atoms with Crippen LogP contribution in [0.3, 0.4) is 0 Å². The van der Waals surface area contributed by atoms with Crippen molar-refractivity contribution < 1.29 is 44.3 Å². The number of fused-ring (bicyclic) bond motifs is 3. The molecule has 12 nitrogen and oxygen atoms in total. The monoisotopic (exact) mass is 563 g/mol. The van der Waals surface area contributed by atoms with Crippen LogP contribution in [-0.2, 0) is 19.1 Å². The first-order valence-electron chi connectivity index (χ1n) is 12.8. The third-order valence-corrected chi connectivity index (χ3v) is 8.23. The number of amides is 2. The van der Waals surface area contributed by atoms with E-state index in [0.717, 1.165) is 0 Å². The van der Waals surface area contributed by atoms with Gasteiger partial charge < -0.3 is 30.9 Å². The first kappa shape index (κ1) is 27.9. The van der Waals surface area contributed by atoms with E-state index in [9.17, 15) is 39.6 Å². The van der Waals surface area contributed by atoms with E-state index in [1.54, 1.807) is 49.4 Å². The minimum Gasteiger partial charge on any atom is -0.508 e. The summed E-state index contributed by atoms with van der Waals surface area (Å²) in [4.78, 5) is 54.6. The molecule has 1 saturated carbocycles. The second-order valence-corrected chi connectivity index (χ2v) is 10.7. The number of nitrogens with one attached hydrogen (secondary N) is 1. The third-order valence-electron chi connectivity index (χ3n) is 8.23. The first-order valence-corrected chi connectivity index (χ1v) is 12.8. The fraction of sp³-hybridized carbons (Fsp3) is 0.310. The van der Waals surface area contributed by atoms with E-state index in [2.05, 4.69) is 5.32 Å². The molecule has 2 amide bonds. The Bertz CT molecular complexity index is 1550. The number of aliphatic hydroxyl groups is 3. The Labute approximate surface area is 234 Å². The molecule has 0 bridgehead atoms. The molecule has 0 spiro atoms. The summed E-state index contributed by atoms with van der Waals surface area (Å²) in [7, 11) is 2.91. The molecule has 6 atom stereocenters. The van der Waals surface area contributed by atoms with Gasteiger partial charge in [-0.3, -0.25) is 24.6 Å². The Morgan fingerprint density at radius 2 is 1.68 bits per heavy atom. The Morgan fingerprint density at radius 3 is 2.29 bits per heavy atom. The molecule has 2 aromatic carbocycles. The highest BCUT2D eigenvalue weighted by atomic mass is 16.6. The highest BCUT2D eigenvalue weighted by Gasteiger charge is 2.69. The maximum Gasteiger partial charge on any atom is 0.411 e. The topological polar surface area (TPSA) is 200 Å². The standard InChI is InChI=1S/C29H29N3O9/c1-12-14-10-7-11-15(33)17(14)22(34)18-16(12)24(41-28(39)31-13-8-5-4-6-9-13)20-21(32(2)3)23(35)19(27(30)38)26(37)29(20,40)25(18)36/h4-12,16,20-21,24,33-34,37,40H,1-3H3,(H2,30,38)(H,31,39)/t12-,16+,20+,21-,24-,29-/m1/s1. The van der Waals surface area contributed by atoms with Gasteiger partial charge in [-0.05, 0) is 43.8 Å². The van der Waals surface area contributed by atoms with E-state index in [-0.39, 0.29) is 11.3 Å². The van der Waals surface area contributed by atoms with Gasteiger partial charge in [-0.2, -0.15) is 0 Å². The number of nitrogens with zero attached hydrogens (tertiary/aromatic N) is 1. The number of primary amides is 1. The molecule has 0 aliphatic heterocycles. The lowest BCUT2D eigenvalue weighted by Crippen LogP contribution is -2.71. The second kappa shape index (κ2) is 9.75. The predicted molar refractivity (Wildman–Crippen MR) is 145 cm³/mol. The van der Waals surface area contributed by atoms with Crippen LogP contribution in [-0.4, -0.2) is 80.7 Å². The summed E-state index contributed by atoms with van der Waals surface area (Å²) in [5, 5.41) is 47.7. The van der Waals surface area contributed by atoms with Gasteiger partial charge in [0.1, 0.15) is 28.9 Å². The first-order chi connectivity index (χ1) is 19.3. The van der Waals surface area contributed by atoms with E-state index in [1.165, 1.54) is 25.1 Å². The predicted octanol–water partition coefficient (Wildman–Crippen LogP) is 1.75. The molecular formula is C29H29N3O9. The molecule has 3 aliphatic rings. The van der Waals surface area contributed by atoms with Crippen LogP contribution in [0, 0.1) is 11.8 Å². The summed E-state index contributed by atoms with van der Waals surface area (Å²) in [6.07, 6.45) is -2.52. The minimum atomic E-state index is -3.01. The molecule has 1 fully saturated rings. The normalized spacial score (nSPS) is 29.0. The second-order valence-electron chi connectivity index (χ2n) is 10.7. The number of aliphatic hydroxyl groups excluding tert-OH is 2. The number of carbonyl (C=O) groups is 4. The molecule has 5 rings (SSSR count). The molecule has 0 saturated heterocycles. The molecule has 214 valence electrons. The lowest BCUT2D eigenvalue weighted by Gasteiger charge is -2.54. The zero-order chi connectivity index (χ0) is 30.0. The van der Waals surface area contributed by atoms with Crippen molar-refractivity contribution in [3.05, 3.63) is 76.6 Å². The van der Waals surface area contributed by atoms with Crippen molar-refractivity contribution in [2.24, 2.45) is 17.6 Å². The molecule has 0 radical (unpaired) electrons. The number of hydrogen-bond donors (Lipinski definition) is 6. The molecule has 2 aromatic rings. The van der Waals surface area contributed by atoms with Crippen molar-refractivity contribution in [3.63, 3.8) is 0 Å². The zero-order valence-corrected chi connectivity index (χ0v) is 22.4. The van der Waals surface area contributed by atoms with Crippen LogP contribution in [0.2, 0.25) is 0 Å². The number of anilines is 1. The van der Waals surface area contributed by atoms with Crippen molar-refractivity contribution in [3.8, 4) is 5.75 Å². The van der Waals surface area contributed by atoms with Crippen molar-refractivity contribution in [2.45, 2.75) is 30.6 Å². The number of aromatic hydroxyl groups is 1. The van der Waals surface area contributed by atoms with Crippen LogP contribution >= 0.6 is 0 Å². The van der Waals surface area contributed by atoms with Gasteiger partial charge in [0.15, 0.2) is 11.4 Å². The molecule has 41 heavy (non-hydrogen) atoms. The number of para-hydroxylation sites is 1. The van der Waals surface area contributed by atoms with E-state index < -0.39 is 81.7 Å². The summed E-state index contributed by atoms with van der Waals surface area (Å²) >= 11 is 0. The summed E-state index contributed by atoms with van der Waals surface area (Å²) in [5.74, 6) is -9.38. The molecule has 0 heterocycles. The molecule has 12 heteroatoms. The molecular weight excluding hydrogens is 534 g/mol. The van der Waals surface area contributed by atoms with Gasteiger partial charge in [-0.15, -0.1) is 0 Å². The summed E-state index contributed by atoms with van der Waals surface area (Å²) < 4.78 is 5.89. The summed E-state index contributed by atoms with van der Waals surface area (Å²) in [6.45, 7) is 1.68. The largest absolute Gasteiger partial charge is 0.508 e. The van der Waals surface area contributed by atoms with Crippen LogP contribution < -0.4 is 11.1 Å². The van der Waals surface area contributed by atoms with Gasteiger partial charge in [0.2, 0.25) is 5.78 Å². The number of hydrogen-bond acceptors (Lipinski definition) is 10. The van der Waals surface area contributed by atoms with Crippen molar-refractivity contribution in [2.75, 3.05) is 19.4 Å². The van der Waals surface area contributed by atoms with Crippen LogP contribution in [0.5, 0.6) is 5.75 Å². The molecule has 7 N–H and O–H groups in total. The number of benzene rings is 2. The van der Waals surface area contributed by atoms with E-state index in [0.29, 0.717) is 11.3 Å². The Morgan fingerprint density at radius 1 is 1.02 bits per heavy atom. The highest BCUT2D eigenvalue weighted by Crippen LogP contribution is 2.56. The molecule has 0 unspecified atom stereocenters. The van der Waals surface area contributed by atoms with E-state index >= 15 is 0 Å². The number of carbonyl (C=O) groups excluding carboxylic acids is 4. The number of phenolic OH excluding ortho intramolecular Hbond substituents is 1. The van der Waals surface area contributed by atoms with Crippen LogP contribution in [0.4, 0.5) is 10.5 Å². The number of Topliss-reactive ketones (excluding diaryl/α,β-unsaturated/α-hetero) is 2. The Hall–Kier alpha value is -4.68. The van der Waals surface area contributed by atoms with E-state index in [4.69, 9.17) is 10.5 Å². The van der Waals surface area contributed by atoms with Gasteiger partial charge in [-0.25, -0.2) is 4.79 Å². The van der Waals surface area contributed by atoms with Gasteiger partial charge in [0, 0.05) is 17.2 Å².